The highest BCUT2D eigenvalue weighted by atomic mass is 15.0. The van der Waals surface area contributed by atoms with E-state index in [9.17, 15) is 0 Å². The van der Waals surface area contributed by atoms with Gasteiger partial charge in [0, 0.05) is 24.0 Å². The number of rotatable bonds is 4. The molecule has 2 aromatic heterocycles. The van der Waals surface area contributed by atoms with Crippen LogP contribution in [0.2, 0.25) is 0 Å². The average Bonchev–Trinajstić information content (AvgIpc) is 2.57. The second-order valence-electron chi connectivity index (χ2n) is 4.81. The molecule has 0 saturated carbocycles. The van der Waals surface area contributed by atoms with Gasteiger partial charge in [-0.05, 0) is 24.6 Å². The van der Waals surface area contributed by atoms with E-state index in [4.69, 9.17) is 0 Å². The number of aromatic nitrogens is 3. The van der Waals surface area contributed by atoms with E-state index in [0.29, 0.717) is 0 Å². The third-order valence-corrected chi connectivity index (χ3v) is 3.26. The predicted octanol–water partition coefficient (Wildman–Crippen LogP) is 3.71. The predicted molar refractivity (Wildman–Crippen MR) is 83.7 cm³/mol. The molecule has 1 N–H and O–H groups in total. The Morgan fingerprint density at radius 3 is 2.52 bits per heavy atom. The van der Waals surface area contributed by atoms with E-state index < -0.39 is 0 Å². The van der Waals surface area contributed by atoms with Crippen LogP contribution in [-0.4, -0.2) is 15.0 Å². The quantitative estimate of drug-likeness (QED) is 0.789. The second-order valence-corrected chi connectivity index (χ2v) is 4.81. The normalized spacial score (nSPS) is 11.9. The van der Waals surface area contributed by atoms with Crippen LogP contribution in [0, 0.1) is 0 Å². The zero-order valence-electron chi connectivity index (χ0n) is 11.8. The Kier molecular flexibility index (Phi) is 3.87. The van der Waals surface area contributed by atoms with E-state index in [-0.39, 0.29) is 6.04 Å². The molecular weight excluding hydrogens is 260 g/mol. The highest BCUT2D eigenvalue weighted by Crippen LogP contribution is 2.20. The molecule has 0 bridgehead atoms. The summed E-state index contributed by atoms with van der Waals surface area (Å²) in [6, 6.07) is 14.3. The fraction of sp³-hybridized carbons (Fsp3) is 0.118. The first-order valence-electron chi connectivity index (χ1n) is 6.87. The van der Waals surface area contributed by atoms with E-state index in [1.54, 1.807) is 24.8 Å². The molecule has 0 aliphatic carbocycles. The molecular formula is C17H16N4. The van der Waals surface area contributed by atoms with Crippen LogP contribution in [0.25, 0.3) is 11.3 Å². The molecule has 1 aromatic carbocycles. The van der Waals surface area contributed by atoms with E-state index in [1.807, 2.05) is 30.3 Å². The molecule has 0 radical (unpaired) electrons. The third-order valence-electron chi connectivity index (χ3n) is 3.26. The van der Waals surface area contributed by atoms with Crippen LogP contribution < -0.4 is 5.32 Å². The van der Waals surface area contributed by atoms with Gasteiger partial charge in [0.1, 0.15) is 5.82 Å². The Morgan fingerprint density at radius 1 is 0.905 bits per heavy atom. The number of benzene rings is 1. The van der Waals surface area contributed by atoms with Gasteiger partial charge in [0.2, 0.25) is 0 Å². The SMILES string of the molecule is C[C@H](Nc1cncc(-c2cccnc2)n1)c1ccccc1. The summed E-state index contributed by atoms with van der Waals surface area (Å²) in [5.74, 6) is 0.757. The zero-order chi connectivity index (χ0) is 14.5. The van der Waals surface area contributed by atoms with Crippen LogP contribution >= 0.6 is 0 Å². The molecule has 0 saturated heterocycles. The summed E-state index contributed by atoms with van der Waals surface area (Å²) >= 11 is 0. The molecule has 4 heteroatoms. The van der Waals surface area contributed by atoms with Crippen molar-refractivity contribution >= 4 is 5.82 Å². The molecule has 0 fully saturated rings. The van der Waals surface area contributed by atoms with Gasteiger partial charge in [-0.2, -0.15) is 0 Å². The van der Waals surface area contributed by atoms with Crippen molar-refractivity contribution < 1.29 is 0 Å². The molecule has 0 aliphatic heterocycles. The topological polar surface area (TPSA) is 50.7 Å². The maximum absolute atomic E-state index is 4.59. The molecule has 0 amide bonds. The fourth-order valence-corrected chi connectivity index (χ4v) is 2.14. The molecule has 3 rings (SSSR count). The van der Waals surface area contributed by atoms with Crippen LogP contribution in [-0.2, 0) is 0 Å². The minimum atomic E-state index is 0.171. The van der Waals surface area contributed by atoms with Crippen molar-refractivity contribution in [2.75, 3.05) is 5.32 Å². The summed E-state index contributed by atoms with van der Waals surface area (Å²) < 4.78 is 0. The Bertz CT molecular complexity index is 698. The molecule has 0 aliphatic rings. The summed E-state index contributed by atoms with van der Waals surface area (Å²) in [5.41, 5.74) is 2.99. The van der Waals surface area contributed by atoms with Gasteiger partial charge in [-0.15, -0.1) is 0 Å². The first-order valence-corrected chi connectivity index (χ1v) is 6.87. The number of pyridine rings is 1. The smallest absolute Gasteiger partial charge is 0.145 e. The van der Waals surface area contributed by atoms with Crippen molar-refractivity contribution in [1.29, 1.82) is 0 Å². The van der Waals surface area contributed by atoms with Crippen molar-refractivity contribution in [2.45, 2.75) is 13.0 Å². The van der Waals surface area contributed by atoms with Crippen LogP contribution in [0.3, 0.4) is 0 Å². The number of nitrogens with one attached hydrogen (secondary N) is 1. The number of hydrogen-bond acceptors (Lipinski definition) is 4. The Balaban J connectivity index is 1.81. The minimum Gasteiger partial charge on any atom is -0.362 e. The van der Waals surface area contributed by atoms with E-state index >= 15 is 0 Å². The van der Waals surface area contributed by atoms with Crippen molar-refractivity contribution in [3.63, 3.8) is 0 Å². The highest BCUT2D eigenvalue weighted by molar-refractivity contribution is 5.58. The lowest BCUT2D eigenvalue weighted by Gasteiger charge is -2.15. The van der Waals surface area contributed by atoms with E-state index in [2.05, 4.69) is 39.3 Å². The van der Waals surface area contributed by atoms with Gasteiger partial charge in [0.15, 0.2) is 0 Å². The van der Waals surface area contributed by atoms with Gasteiger partial charge in [0.25, 0.3) is 0 Å². The van der Waals surface area contributed by atoms with E-state index in [1.165, 1.54) is 5.56 Å². The van der Waals surface area contributed by atoms with Gasteiger partial charge >= 0.3 is 0 Å². The van der Waals surface area contributed by atoms with Gasteiger partial charge in [-0.1, -0.05) is 30.3 Å². The number of nitrogens with zero attached hydrogens (tertiary/aromatic N) is 3. The Morgan fingerprint density at radius 2 is 1.76 bits per heavy atom. The van der Waals surface area contributed by atoms with Crippen LogP contribution in [0.1, 0.15) is 18.5 Å². The van der Waals surface area contributed by atoms with Crippen LogP contribution in [0.4, 0.5) is 5.82 Å². The van der Waals surface area contributed by atoms with Crippen molar-refractivity contribution in [3.05, 3.63) is 72.8 Å². The molecule has 2 heterocycles. The van der Waals surface area contributed by atoms with Crippen molar-refractivity contribution in [3.8, 4) is 11.3 Å². The summed E-state index contributed by atoms with van der Waals surface area (Å²) in [5, 5.41) is 3.37. The monoisotopic (exact) mass is 276 g/mol. The lowest BCUT2D eigenvalue weighted by atomic mass is 10.1. The number of hydrogen-bond donors (Lipinski definition) is 1. The maximum Gasteiger partial charge on any atom is 0.145 e. The third kappa shape index (κ3) is 3.23. The summed E-state index contributed by atoms with van der Waals surface area (Å²) in [6.07, 6.45) is 7.01. The molecule has 4 nitrogen and oxygen atoms in total. The van der Waals surface area contributed by atoms with Crippen LogP contribution in [0.5, 0.6) is 0 Å². The lowest BCUT2D eigenvalue weighted by molar-refractivity contribution is 0.872. The first kappa shape index (κ1) is 13.2. The van der Waals surface area contributed by atoms with Gasteiger partial charge < -0.3 is 5.32 Å². The standard InChI is InChI=1S/C17H16N4/c1-13(14-6-3-2-4-7-14)20-17-12-19-11-16(21-17)15-8-5-9-18-10-15/h2-13H,1H3,(H,20,21)/t13-/m0/s1. The fourth-order valence-electron chi connectivity index (χ4n) is 2.14. The molecule has 0 spiro atoms. The van der Waals surface area contributed by atoms with Crippen molar-refractivity contribution in [1.82, 2.24) is 15.0 Å². The minimum absolute atomic E-state index is 0.171. The maximum atomic E-state index is 4.59. The molecule has 0 unspecified atom stereocenters. The summed E-state index contributed by atoms with van der Waals surface area (Å²) in [4.78, 5) is 13.0. The van der Waals surface area contributed by atoms with Gasteiger partial charge in [0.05, 0.1) is 18.1 Å². The summed E-state index contributed by atoms with van der Waals surface area (Å²) in [7, 11) is 0. The van der Waals surface area contributed by atoms with E-state index in [0.717, 1.165) is 17.1 Å². The van der Waals surface area contributed by atoms with Crippen LogP contribution in [0.15, 0.2) is 67.3 Å². The summed E-state index contributed by atoms with van der Waals surface area (Å²) in [6.45, 7) is 2.10. The van der Waals surface area contributed by atoms with Gasteiger partial charge in [-0.3, -0.25) is 9.97 Å². The Hall–Kier alpha value is -2.75. The highest BCUT2D eigenvalue weighted by Gasteiger charge is 2.07. The number of anilines is 1. The molecule has 3 aromatic rings. The van der Waals surface area contributed by atoms with Crippen molar-refractivity contribution in [2.24, 2.45) is 0 Å². The molecule has 1 atom stereocenters. The lowest BCUT2D eigenvalue weighted by Crippen LogP contribution is -2.08. The Labute approximate surface area is 123 Å². The average molecular weight is 276 g/mol. The largest absolute Gasteiger partial charge is 0.362 e. The molecule has 21 heavy (non-hydrogen) atoms. The second kappa shape index (κ2) is 6.13. The molecule has 104 valence electrons. The zero-order valence-corrected chi connectivity index (χ0v) is 11.8. The first-order chi connectivity index (χ1) is 10.3. The van der Waals surface area contributed by atoms with Gasteiger partial charge in [-0.25, -0.2) is 4.98 Å².